The molecule has 5 nitrogen and oxygen atoms in total. The fourth-order valence-electron chi connectivity index (χ4n) is 2.43. The summed E-state index contributed by atoms with van der Waals surface area (Å²) in [5.74, 6) is 0.355. The molecule has 1 heterocycles. The standard InChI is InChI=1S/C14H20ClN3O2/c1-2-16-13-8-9(7-12(15)18-13)14(20)17-10-5-3-4-6-11(10)19/h7-8,10-11,19H,2-6H2,1H3,(H,16,18)(H,17,20). The monoisotopic (exact) mass is 297 g/mol. The minimum absolute atomic E-state index is 0.175. The number of amides is 1. The highest BCUT2D eigenvalue weighted by atomic mass is 35.5. The maximum atomic E-state index is 12.2. The Kier molecular flexibility index (Phi) is 5.20. The molecule has 6 heteroatoms. The molecule has 1 fully saturated rings. The Bertz CT molecular complexity index is 481. The van der Waals surface area contributed by atoms with Gasteiger partial charge in [-0.2, -0.15) is 0 Å². The van der Waals surface area contributed by atoms with E-state index in [1.54, 1.807) is 6.07 Å². The van der Waals surface area contributed by atoms with Crippen molar-refractivity contribution in [2.45, 2.75) is 44.8 Å². The van der Waals surface area contributed by atoms with E-state index in [1.807, 2.05) is 6.92 Å². The van der Waals surface area contributed by atoms with Gasteiger partial charge in [0.25, 0.3) is 5.91 Å². The van der Waals surface area contributed by atoms with E-state index < -0.39 is 6.10 Å². The van der Waals surface area contributed by atoms with Crippen molar-refractivity contribution < 1.29 is 9.90 Å². The second-order valence-electron chi connectivity index (χ2n) is 5.03. The molecule has 1 aromatic rings. The van der Waals surface area contributed by atoms with E-state index in [2.05, 4.69) is 15.6 Å². The van der Waals surface area contributed by atoms with Crippen molar-refractivity contribution in [3.05, 3.63) is 22.8 Å². The number of halogens is 1. The Morgan fingerprint density at radius 1 is 1.45 bits per heavy atom. The molecule has 2 rings (SSSR count). The number of aromatic nitrogens is 1. The normalized spacial score (nSPS) is 22.4. The molecule has 1 saturated carbocycles. The van der Waals surface area contributed by atoms with Crippen LogP contribution in [0.4, 0.5) is 5.82 Å². The number of hydrogen-bond donors (Lipinski definition) is 3. The Labute approximate surface area is 123 Å². The molecule has 0 saturated heterocycles. The summed E-state index contributed by atoms with van der Waals surface area (Å²) < 4.78 is 0. The summed E-state index contributed by atoms with van der Waals surface area (Å²) in [7, 11) is 0. The van der Waals surface area contributed by atoms with Gasteiger partial charge in [0.05, 0.1) is 12.1 Å². The van der Waals surface area contributed by atoms with Gasteiger partial charge < -0.3 is 15.7 Å². The van der Waals surface area contributed by atoms with E-state index in [-0.39, 0.29) is 17.1 Å². The number of nitrogens with zero attached hydrogens (tertiary/aromatic N) is 1. The molecule has 3 N–H and O–H groups in total. The summed E-state index contributed by atoms with van der Waals surface area (Å²) in [6, 6.07) is 3.03. The first-order valence-electron chi connectivity index (χ1n) is 7.00. The second kappa shape index (κ2) is 6.90. The summed E-state index contributed by atoms with van der Waals surface area (Å²) in [4.78, 5) is 16.3. The van der Waals surface area contributed by atoms with Crippen LogP contribution in [0.2, 0.25) is 5.15 Å². The van der Waals surface area contributed by atoms with Crippen LogP contribution in [0.1, 0.15) is 43.0 Å². The molecule has 1 aliphatic carbocycles. The fourth-order valence-corrected chi connectivity index (χ4v) is 2.64. The molecule has 110 valence electrons. The van der Waals surface area contributed by atoms with Crippen LogP contribution in [0.3, 0.4) is 0 Å². The van der Waals surface area contributed by atoms with Crippen LogP contribution in [-0.4, -0.2) is 34.7 Å². The van der Waals surface area contributed by atoms with Crippen LogP contribution in [0, 0.1) is 0 Å². The highest BCUT2D eigenvalue weighted by Gasteiger charge is 2.25. The van der Waals surface area contributed by atoms with E-state index in [4.69, 9.17) is 11.6 Å². The Morgan fingerprint density at radius 3 is 2.90 bits per heavy atom. The number of carbonyl (C=O) groups excluding carboxylic acids is 1. The van der Waals surface area contributed by atoms with Crippen molar-refractivity contribution in [1.82, 2.24) is 10.3 Å². The average molecular weight is 298 g/mol. The van der Waals surface area contributed by atoms with Gasteiger partial charge in [0.2, 0.25) is 0 Å². The molecule has 1 aromatic heterocycles. The lowest BCUT2D eigenvalue weighted by Crippen LogP contribution is -2.45. The van der Waals surface area contributed by atoms with Gasteiger partial charge >= 0.3 is 0 Å². The predicted octanol–water partition coefficient (Wildman–Crippen LogP) is 2.20. The fraction of sp³-hybridized carbons (Fsp3) is 0.571. The molecular weight excluding hydrogens is 278 g/mol. The van der Waals surface area contributed by atoms with Gasteiger partial charge in [-0.25, -0.2) is 4.98 Å². The van der Waals surface area contributed by atoms with Gasteiger partial charge in [-0.1, -0.05) is 24.4 Å². The van der Waals surface area contributed by atoms with Crippen LogP contribution in [0.25, 0.3) is 0 Å². The minimum atomic E-state index is -0.460. The zero-order chi connectivity index (χ0) is 14.5. The van der Waals surface area contributed by atoms with Crippen LogP contribution >= 0.6 is 11.6 Å². The zero-order valence-corrected chi connectivity index (χ0v) is 12.3. The van der Waals surface area contributed by atoms with Crippen LogP contribution in [-0.2, 0) is 0 Å². The molecule has 1 aliphatic rings. The third kappa shape index (κ3) is 3.84. The van der Waals surface area contributed by atoms with Crippen molar-refractivity contribution in [3.63, 3.8) is 0 Å². The lowest BCUT2D eigenvalue weighted by atomic mass is 9.92. The first-order valence-corrected chi connectivity index (χ1v) is 7.38. The lowest BCUT2D eigenvalue weighted by molar-refractivity contribution is 0.0717. The number of hydrogen-bond acceptors (Lipinski definition) is 4. The highest BCUT2D eigenvalue weighted by molar-refractivity contribution is 6.29. The minimum Gasteiger partial charge on any atom is -0.391 e. The first-order chi connectivity index (χ1) is 9.60. The number of aliphatic hydroxyl groups is 1. The number of aliphatic hydroxyl groups excluding tert-OH is 1. The Morgan fingerprint density at radius 2 is 2.20 bits per heavy atom. The van der Waals surface area contributed by atoms with E-state index in [9.17, 15) is 9.90 Å². The SMILES string of the molecule is CCNc1cc(C(=O)NC2CCCCC2O)cc(Cl)n1. The predicted molar refractivity (Wildman–Crippen MR) is 79.1 cm³/mol. The maximum absolute atomic E-state index is 12.2. The van der Waals surface area contributed by atoms with Gasteiger partial charge in [0, 0.05) is 12.1 Å². The molecule has 0 aliphatic heterocycles. The summed E-state index contributed by atoms with van der Waals surface area (Å²) in [6.07, 6.45) is 3.13. The van der Waals surface area contributed by atoms with Crippen molar-refractivity contribution in [1.29, 1.82) is 0 Å². The smallest absolute Gasteiger partial charge is 0.251 e. The maximum Gasteiger partial charge on any atom is 0.251 e. The number of pyridine rings is 1. The summed E-state index contributed by atoms with van der Waals surface area (Å²) >= 11 is 5.92. The average Bonchev–Trinajstić information content (AvgIpc) is 2.41. The van der Waals surface area contributed by atoms with Crippen molar-refractivity contribution in [3.8, 4) is 0 Å². The molecule has 0 bridgehead atoms. The number of carbonyl (C=O) groups is 1. The van der Waals surface area contributed by atoms with E-state index in [1.165, 1.54) is 6.07 Å². The molecule has 2 unspecified atom stereocenters. The Hall–Kier alpha value is -1.33. The number of anilines is 1. The van der Waals surface area contributed by atoms with Crippen LogP contribution in [0.5, 0.6) is 0 Å². The van der Waals surface area contributed by atoms with Gasteiger partial charge in [-0.05, 0) is 31.9 Å². The molecule has 2 atom stereocenters. The molecule has 0 aromatic carbocycles. The van der Waals surface area contributed by atoms with E-state index >= 15 is 0 Å². The highest BCUT2D eigenvalue weighted by Crippen LogP contribution is 2.20. The molecule has 20 heavy (non-hydrogen) atoms. The van der Waals surface area contributed by atoms with Crippen molar-refractivity contribution >= 4 is 23.3 Å². The van der Waals surface area contributed by atoms with Crippen LogP contribution < -0.4 is 10.6 Å². The number of nitrogens with one attached hydrogen (secondary N) is 2. The van der Waals surface area contributed by atoms with E-state index in [0.29, 0.717) is 17.9 Å². The van der Waals surface area contributed by atoms with E-state index in [0.717, 1.165) is 25.7 Å². The van der Waals surface area contributed by atoms with Gasteiger partial charge in [-0.15, -0.1) is 0 Å². The first kappa shape index (κ1) is 15.1. The molecule has 0 radical (unpaired) electrons. The van der Waals surface area contributed by atoms with Crippen molar-refractivity contribution in [2.24, 2.45) is 0 Å². The molecule has 0 spiro atoms. The Balaban J connectivity index is 2.08. The lowest BCUT2D eigenvalue weighted by Gasteiger charge is -2.28. The molecule has 1 amide bonds. The topological polar surface area (TPSA) is 74.2 Å². The third-order valence-corrected chi connectivity index (χ3v) is 3.65. The van der Waals surface area contributed by atoms with Crippen LogP contribution in [0.15, 0.2) is 12.1 Å². The summed E-state index contributed by atoms with van der Waals surface area (Å²) in [6.45, 7) is 2.65. The third-order valence-electron chi connectivity index (χ3n) is 3.46. The van der Waals surface area contributed by atoms with Gasteiger partial charge in [-0.3, -0.25) is 4.79 Å². The number of rotatable bonds is 4. The van der Waals surface area contributed by atoms with Gasteiger partial charge in [0.15, 0.2) is 0 Å². The van der Waals surface area contributed by atoms with Crippen molar-refractivity contribution in [2.75, 3.05) is 11.9 Å². The summed E-state index contributed by atoms with van der Waals surface area (Å²) in [5.41, 5.74) is 0.457. The molecular formula is C14H20ClN3O2. The summed E-state index contributed by atoms with van der Waals surface area (Å²) in [5, 5.41) is 16.1. The quantitative estimate of drug-likeness (QED) is 0.745. The van der Waals surface area contributed by atoms with Gasteiger partial charge in [0.1, 0.15) is 11.0 Å². The zero-order valence-electron chi connectivity index (χ0n) is 11.5. The second-order valence-corrected chi connectivity index (χ2v) is 5.41. The largest absolute Gasteiger partial charge is 0.391 e.